The third-order valence-corrected chi connectivity index (χ3v) is 2.06. The maximum absolute atomic E-state index is 6.00. The van der Waals surface area contributed by atoms with E-state index >= 15 is 0 Å². The molecule has 2 aromatic rings. The number of hydrogen-bond donors (Lipinski definition) is 1. The van der Waals surface area contributed by atoms with E-state index in [4.69, 9.17) is 10.2 Å². The second-order valence-corrected chi connectivity index (χ2v) is 2.95. The molecule has 0 aliphatic carbocycles. The Morgan fingerprint density at radius 1 is 1.00 bits per heavy atom. The summed E-state index contributed by atoms with van der Waals surface area (Å²) in [5.74, 6) is 0. The summed E-state index contributed by atoms with van der Waals surface area (Å²) in [6, 6.07) is 11.8. The lowest BCUT2D eigenvalue weighted by Crippen LogP contribution is -2.10. The van der Waals surface area contributed by atoms with Gasteiger partial charge in [-0.2, -0.15) is 0 Å². The minimum atomic E-state index is -0.0834. The minimum absolute atomic E-state index is 0.0834. The Labute approximate surface area is 77.0 Å². The Balaban J connectivity index is 2.29. The molecule has 2 heteroatoms. The van der Waals surface area contributed by atoms with Gasteiger partial charge in [0.05, 0.1) is 18.6 Å². The predicted molar refractivity (Wildman–Crippen MR) is 51.2 cm³/mol. The summed E-state index contributed by atoms with van der Waals surface area (Å²) in [5, 5.41) is 0. The van der Waals surface area contributed by atoms with Crippen molar-refractivity contribution in [3.63, 3.8) is 0 Å². The van der Waals surface area contributed by atoms with E-state index in [-0.39, 0.29) is 6.04 Å². The summed E-state index contributed by atoms with van der Waals surface area (Å²) < 4.78 is 4.98. The fourth-order valence-corrected chi connectivity index (χ4v) is 1.30. The second kappa shape index (κ2) is 3.46. The van der Waals surface area contributed by atoms with E-state index in [0.717, 1.165) is 11.1 Å². The third-order valence-electron chi connectivity index (χ3n) is 2.06. The molecule has 0 spiro atoms. The first-order chi connectivity index (χ1) is 6.38. The number of hydrogen-bond acceptors (Lipinski definition) is 2. The molecular weight excluding hydrogens is 162 g/mol. The Hall–Kier alpha value is -1.54. The van der Waals surface area contributed by atoms with Crippen molar-refractivity contribution in [3.8, 4) is 0 Å². The van der Waals surface area contributed by atoms with Crippen molar-refractivity contribution >= 4 is 0 Å². The zero-order valence-corrected chi connectivity index (χ0v) is 7.18. The van der Waals surface area contributed by atoms with Crippen molar-refractivity contribution in [1.29, 1.82) is 0 Å². The van der Waals surface area contributed by atoms with Gasteiger partial charge in [-0.15, -0.1) is 0 Å². The van der Waals surface area contributed by atoms with Crippen LogP contribution in [0.15, 0.2) is 53.3 Å². The topological polar surface area (TPSA) is 39.2 Å². The van der Waals surface area contributed by atoms with Crippen LogP contribution in [0.5, 0.6) is 0 Å². The highest BCUT2D eigenvalue weighted by Crippen LogP contribution is 2.18. The fraction of sp³-hybridized carbons (Fsp3) is 0.0909. The molecular formula is C11H11NO. The molecule has 1 atom stereocenters. The van der Waals surface area contributed by atoms with Crippen molar-refractivity contribution in [2.45, 2.75) is 6.04 Å². The van der Waals surface area contributed by atoms with Crippen LogP contribution in [0.2, 0.25) is 0 Å². The van der Waals surface area contributed by atoms with Gasteiger partial charge in [0.25, 0.3) is 0 Å². The number of nitrogens with two attached hydrogens (primary N) is 1. The maximum Gasteiger partial charge on any atom is 0.0953 e. The van der Waals surface area contributed by atoms with Gasteiger partial charge in [-0.1, -0.05) is 30.3 Å². The maximum atomic E-state index is 6.00. The summed E-state index contributed by atoms with van der Waals surface area (Å²) in [4.78, 5) is 0. The Morgan fingerprint density at radius 3 is 2.38 bits per heavy atom. The summed E-state index contributed by atoms with van der Waals surface area (Å²) in [5.41, 5.74) is 8.11. The first-order valence-electron chi connectivity index (χ1n) is 4.20. The van der Waals surface area contributed by atoms with Gasteiger partial charge in [-0.3, -0.25) is 0 Å². The molecule has 0 fully saturated rings. The van der Waals surface area contributed by atoms with Crippen LogP contribution in [-0.2, 0) is 0 Å². The van der Waals surface area contributed by atoms with Crippen LogP contribution >= 0.6 is 0 Å². The molecule has 2 nitrogen and oxygen atoms in total. The average molecular weight is 173 g/mol. The predicted octanol–water partition coefficient (Wildman–Crippen LogP) is 2.33. The lowest BCUT2D eigenvalue weighted by atomic mass is 10.0. The molecule has 66 valence electrons. The molecule has 1 heterocycles. The van der Waals surface area contributed by atoms with Crippen LogP contribution in [0.1, 0.15) is 17.2 Å². The highest BCUT2D eigenvalue weighted by Gasteiger charge is 2.08. The third kappa shape index (κ3) is 1.63. The van der Waals surface area contributed by atoms with Crippen molar-refractivity contribution < 1.29 is 4.42 Å². The van der Waals surface area contributed by atoms with E-state index < -0.39 is 0 Å². The van der Waals surface area contributed by atoms with Gasteiger partial charge in [0.15, 0.2) is 0 Å². The van der Waals surface area contributed by atoms with Gasteiger partial charge < -0.3 is 10.2 Å². The van der Waals surface area contributed by atoms with Gasteiger partial charge in [-0.05, 0) is 11.6 Å². The normalized spacial score (nSPS) is 12.7. The number of furan rings is 1. The highest BCUT2D eigenvalue weighted by atomic mass is 16.3. The summed E-state index contributed by atoms with van der Waals surface area (Å²) in [6.45, 7) is 0. The number of rotatable bonds is 2. The SMILES string of the molecule is N[C@H](c1ccccc1)c1ccoc1. The second-order valence-electron chi connectivity index (χ2n) is 2.95. The lowest BCUT2D eigenvalue weighted by Gasteiger charge is -2.08. The summed E-state index contributed by atoms with van der Waals surface area (Å²) >= 11 is 0. The van der Waals surface area contributed by atoms with E-state index in [2.05, 4.69) is 0 Å². The first kappa shape index (κ1) is 8.08. The lowest BCUT2D eigenvalue weighted by molar-refractivity contribution is 0.562. The van der Waals surface area contributed by atoms with Crippen molar-refractivity contribution in [3.05, 3.63) is 60.1 Å². The van der Waals surface area contributed by atoms with Crippen molar-refractivity contribution in [1.82, 2.24) is 0 Å². The summed E-state index contributed by atoms with van der Waals surface area (Å²) in [6.07, 6.45) is 3.32. The highest BCUT2D eigenvalue weighted by molar-refractivity contribution is 5.28. The molecule has 0 aliphatic rings. The van der Waals surface area contributed by atoms with Gasteiger partial charge >= 0.3 is 0 Å². The van der Waals surface area contributed by atoms with Crippen LogP contribution in [0.25, 0.3) is 0 Å². The molecule has 0 radical (unpaired) electrons. The van der Waals surface area contributed by atoms with Crippen molar-refractivity contribution in [2.75, 3.05) is 0 Å². The van der Waals surface area contributed by atoms with Crippen LogP contribution in [0.4, 0.5) is 0 Å². The summed E-state index contributed by atoms with van der Waals surface area (Å²) in [7, 11) is 0. The van der Waals surface area contributed by atoms with E-state index in [9.17, 15) is 0 Å². The Bertz CT molecular complexity index is 353. The zero-order chi connectivity index (χ0) is 9.10. The van der Waals surface area contributed by atoms with Crippen LogP contribution in [0, 0.1) is 0 Å². The monoisotopic (exact) mass is 173 g/mol. The smallest absolute Gasteiger partial charge is 0.0953 e. The van der Waals surface area contributed by atoms with Gasteiger partial charge in [0.1, 0.15) is 0 Å². The molecule has 2 N–H and O–H groups in total. The molecule has 0 aliphatic heterocycles. The van der Waals surface area contributed by atoms with E-state index in [1.807, 2.05) is 36.4 Å². The molecule has 0 amide bonds. The van der Waals surface area contributed by atoms with Crippen molar-refractivity contribution in [2.24, 2.45) is 5.73 Å². The van der Waals surface area contributed by atoms with E-state index in [1.165, 1.54) is 0 Å². The first-order valence-corrected chi connectivity index (χ1v) is 4.20. The molecule has 0 saturated carbocycles. The van der Waals surface area contributed by atoms with Gasteiger partial charge in [0, 0.05) is 5.56 Å². The van der Waals surface area contributed by atoms with Crippen LogP contribution in [-0.4, -0.2) is 0 Å². The zero-order valence-electron chi connectivity index (χ0n) is 7.18. The largest absolute Gasteiger partial charge is 0.472 e. The fourth-order valence-electron chi connectivity index (χ4n) is 1.30. The quantitative estimate of drug-likeness (QED) is 0.757. The van der Waals surface area contributed by atoms with Gasteiger partial charge in [0.2, 0.25) is 0 Å². The number of benzene rings is 1. The molecule has 2 rings (SSSR count). The van der Waals surface area contributed by atoms with Gasteiger partial charge in [-0.25, -0.2) is 0 Å². The standard InChI is InChI=1S/C11H11NO/c12-11(10-6-7-13-8-10)9-4-2-1-3-5-9/h1-8,11H,12H2/t11-/m1/s1. The molecule has 0 saturated heterocycles. The van der Waals surface area contributed by atoms with Crippen LogP contribution in [0.3, 0.4) is 0 Å². The Kier molecular flexibility index (Phi) is 2.15. The molecule has 13 heavy (non-hydrogen) atoms. The minimum Gasteiger partial charge on any atom is -0.472 e. The molecule has 0 bridgehead atoms. The molecule has 1 aromatic carbocycles. The van der Waals surface area contributed by atoms with E-state index in [0.29, 0.717) is 0 Å². The average Bonchev–Trinajstić information content (AvgIpc) is 2.71. The Morgan fingerprint density at radius 2 is 1.77 bits per heavy atom. The molecule has 1 aromatic heterocycles. The van der Waals surface area contributed by atoms with Crippen LogP contribution < -0.4 is 5.73 Å². The molecule has 0 unspecified atom stereocenters. The van der Waals surface area contributed by atoms with E-state index in [1.54, 1.807) is 12.5 Å².